The average Bonchev–Trinajstić information content (AvgIpc) is 3.42. The number of carbonyl (C=O) groups excluding carboxylic acids is 1. The Bertz CT molecular complexity index is 1580. The molecule has 1 amide bonds. The van der Waals surface area contributed by atoms with Crippen LogP contribution in [0.2, 0.25) is 0 Å². The van der Waals surface area contributed by atoms with Crippen LogP contribution in [0.3, 0.4) is 0 Å². The molecule has 1 N–H and O–H groups in total. The highest BCUT2D eigenvalue weighted by Gasteiger charge is 2.44. The van der Waals surface area contributed by atoms with E-state index in [0.717, 1.165) is 54.6 Å². The number of benzene rings is 3. The van der Waals surface area contributed by atoms with E-state index in [4.69, 9.17) is 9.72 Å². The molecule has 39 heavy (non-hydrogen) atoms. The molecule has 4 aromatic rings. The van der Waals surface area contributed by atoms with Gasteiger partial charge in [0.1, 0.15) is 5.75 Å². The van der Waals surface area contributed by atoms with Crippen LogP contribution in [-0.2, 0) is 16.6 Å². The molecule has 1 saturated carbocycles. The van der Waals surface area contributed by atoms with Gasteiger partial charge >= 0.3 is 0 Å². The predicted octanol–water partition coefficient (Wildman–Crippen LogP) is 6.40. The zero-order valence-electron chi connectivity index (χ0n) is 22.1. The van der Waals surface area contributed by atoms with E-state index in [1.807, 2.05) is 67.6 Å². The first-order valence-electron chi connectivity index (χ1n) is 13.4. The number of para-hydroxylation sites is 1. The van der Waals surface area contributed by atoms with Crippen LogP contribution < -0.4 is 15.6 Å². The number of methoxy groups -OCH3 is 1. The fourth-order valence-corrected chi connectivity index (χ4v) is 6.95. The lowest BCUT2D eigenvalue weighted by molar-refractivity contribution is -0.115. The summed E-state index contributed by atoms with van der Waals surface area (Å²) in [5, 5.41) is 2.99. The molecule has 1 spiro atoms. The molecule has 2 aliphatic carbocycles. The number of hydrogen-bond donors (Lipinski definition) is 1. The third-order valence-corrected chi connectivity index (χ3v) is 9.02. The zero-order valence-corrected chi connectivity index (χ0v) is 23.0. The number of amides is 1. The molecule has 2 aliphatic rings. The Morgan fingerprint density at radius 2 is 1.69 bits per heavy atom. The molecular formula is C32H31N3O3S. The average molecular weight is 538 g/mol. The Hall–Kier alpha value is -3.84. The lowest BCUT2D eigenvalue weighted by atomic mass is 9.68. The molecule has 0 bridgehead atoms. The van der Waals surface area contributed by atoms with Crippen LogP contribution in [0, 0.1) is 0 Å². The minimum atomic E-state index is -0.487. The third kappa shape index (κ3) is 4.65. The quantitative estimate of drug-likeness (QED) is 0.228. The highest BCUT2D eigenvalue weighted by atomic mass is 32.2. The van der Waals surface area contributed by atoms with Gasteiger partial charge in [0.2, 0.25) is 5.91 Å². The summed E-state index contributed by atoms with van der Waals surface area (Å²) >= 11 is 1.30. The molecule has 0 unspecified atom stereocenters. The van der Waals surface area contributed by atoms with E-state index >= 15 is 0 Å². The lowest BCUT2D eigenvalue weighted by Crippen LogP contribution is -2.40. The molecule has 6 nitrogen and oxygen atoms in total. The number of rotatable bonds is 6. The number of fused-ring (bicyclic) bond motifs is 4. The predicted molar refractivity (Wildman–Crippen MR) is 156 cm³/mol. The van der Waals surface area contributed by atoms with Gasteiger partial charge in [0.15, 0.2) is 5.16 Å². The van der Waals surface area contributed by atoms with E-state index in [1.165, 1.54) is 17.3 Å². The number of thioether (sulfide) groups is 1. The molecule has 6 rings (SSSR count). The van der Waals surface area contributed by atoms with Crippen molar-refractivity contribution in [2.45, 2.75) is 54.8 Å². The van der Waals surface area contributed by atoms with Crippen molar-refractivity contribution in [3.05, 3.63) is 100 Å². The molecule has 198 valence electrons. The van der Waals surface area contributed by atoms with Gasteiger partial charge in [0, 0.05) is 16.7 Å². The van der Waals surface area contributed by atoms with Crippen LogP contribution in [0.1, 0.15) is 43.7 Å². The summed E-state index contributed by atoms with van der Waals surface area (Å²) in [4.78, 5) is 32.9. The maximum atomic E-state index is 14.6. The van der Waals surface area contributed by atoms with Crippen molar-refractivity contribution in [1.29, 1.82) is 0 Å². The summed E-state index contributed by atoms with van der Waals surface area (Å²) < 4.78 is 7.06. The number of carbonyl (C=O) groups is 1. The van der Waals surface area contributed by atoms with Gasteiger partial charge in [-0.25, -0.2) is 4.98 Å². The molecule has 0 radical (unpaired) electrons. The number of anilines is 1. The van der Waals surface area contributed by atoms with Gasteiger partial charge in [0.25, 0.3) is 5.56 Å². The Labute approximate surface area is 232 Å². The Morgan fingerprint density at radius 1 is 1.00 bits per heavy atom. The van der Waals surface area contributed by atoms with Crippen molar-refractivity contribution in [3.8, 4) is 22.7 Å². The van der Waals surface area contributed by atoms with E-state index in [9.17, 15) is 9.59 Å². The molecule has 0 aliphatic heterocycles. The van der Waals surface area contributed by atoms with Gasteiger partial charge in [-0.2, -0.15) is 0 Å². The lowest BCUT2D eigenvalue weighted by Gasteiger charge is -2.36. The molecule has 1 fully saturated rings. The van der Waals surface area contributed by atoms with E-state index in [0.29, 0.717) is 16.6 Å². The Morgan fingerprint density at radius 3 is 2.41 bits per heavy atom. The van der Waals surface area contributed by atoms with Crippen LogP contribution in [-0.4, -0.2) is 27.8 Å². The standard InChI is InChI=1S/C32H31N3O3S/c1-21(29(36)33-23-11-4-3-5-12-23)39-31-34-28-26-13-7-6-10-22(26)20-32(18-8-9-19-32)27(28)30(37)35(31)24-14-16-25(38-2)17-15-24/h3-7,10-17,21H,8-9,18-20H2,1-2H3,(H,33,36)/t21-/m0/s1. The minimum Gasteiger partial charge on any atom is -0.497 e. The van der Waals surface area contributed by atoms with Gasteiger partial charge in [0.05, 0.1) is 29.3 Å². The van der Waals surface area contributed by atoms with Crippen LogP contribution in [0.25, 0.3) is 16.9 Å². The Balaban J connectivity index is 1.50. The monoisotopic (exact) mass is 537 g/mol. The van der Waals surface area contributed by atoms with Crippen molar-refractivity contribution in [3.63, 3.8) is 0 Å². The van der Waals surface area contributed by atoms with Crippen LogP contribution in [0.15, 0.2) is 88.8 Å². The largest absolute Gasteiger partial charge is 0.497 e. The van der Waals surface area contributed by atoms with Crippen LogP contribution in [0.4, 0.5) is 5.69 Å². The van der Waals surface area contributed by atoms with Gasteiger partial charge in [-0.15, -0.1) is 0 Å². The maximum absolute atomic E-state index is 14.6. The van der Waals surface area contributed by atoms with Gasteiger partial charge < -0.3 is 10.1 Å². The second kappa shape index (κ2) is 10.4. The first-order valence-corrected chi connectivity index (χ1v) is 14.3. The first kappa shape index (κ1) is 25.4. The summed E-state index contributed by atoms with van der Waals surface area (Å²) in [6.07, 6.45) is 5.04. The first-order chi connectivity index (χ1) is 19.0. The van der Waals surface area contributed by atoms with Gasteiger partial charge in [-0.05, 0) is 68.1 Å². The zero-order chi connectivity index (χ0) is 27.0. The van der Waals surface area contributed by atoms with Crippen molar-refractivity contribution in [1.82, 2.24) is 9.55 Å². The van der Waals surface area contributed by atoms with Crippen molar-refractivity contribution in [2.24, 2.45) is 0 Å². The van der Waals surface area contributed by atoms with Crippen LogP contribution in [0.5, 0.6) is 5.75 Å². The summed E-state index contributed by atoms with van der Waals surface area (Å²) in [6, 6.07) is 25.2. The van der Waals surface area contributed by atoms with Gasteiger partial charge in [-0.1, -0.05) is 67.1 Å². The topological polar surface area (TPSA) is 73.2 Å². The van der Waals surface area contributed by atoms with E-state index < -0.39 is 5.25 Å². The number of hydrogen-bond acceptors (Lipinski definition) is 5. The highest BCUT2D eigenvalue weighted by Crippen LogP contribution is 2.50. The normalized spacial score (nSPS) is 15.8. The number of ether oxygens (including phenoxy) is 1. The van der Waals surface area contributed by atoms with Crippen molar-refractivity contribution >= 4 is 23.4 Å². The van der Waals surface area contributed by atoms with Crippen molar-refractivity contribution < 1.29 is 9.53 Å². The van der Waals surface area contributed by atoms with E-state index in [2.05, 4.69) is 23.5 Å². The SMILES string of the molecule is COc1ccc(-n2c(S[C@@H](C)C(=O)Nc3ccccc3)nc3c(c2=O)C2(CCCC2)Cc2ccccc2-3)cc1. The summed E-state index contributed by atoms with van der Waals surface area (Å²) in [5.74, 6) is 0.566. The smallest absolute Gasteiger partial charge is 0.263 e. The van der Waals surface area contributed by atoms with Crippen molar-refractivity contribution in [2.75, 3.05) is 12.4 Å². The third-order valence-electron chi connectivity index (χ3n) is 7.97. The second-order valence-corrected chi connectivity index (χ2v) is 11.7. The fourth-order valence-electron chi connectivity index (χ4n) is 6.03. The number of nitrogens with one attached hydrogen (secondary N) is 1. The maximum Gasteiger partial charge on any atom is 0.263 e. The molecule has 3 aromatic carbocycles. The number of aromatic nitrogens is 2. The number of nitrogens with zero attached hydrogens (tertiary/aromatic N) is 2. The van der Waals surface area contributed by atoms with Crippen LogP contribution >= 0.6 is 11.8 Å². The summed E-state index contributed by atoms with van der Waals surface area (Å²) in [5.41, 5.74) is 5.05. The molecule has 7 heteroatoms. The summed E-state index contributed by atoms with van der Waals surface area (Å²) in [6.45, 7) is 1.85. The summed E-state index contributed by atoms with van der Waals surface area (Å²) in [7, 11) is 1.62. The molecule has 0 saturated heterocycles. The fraction of sp³-hybridized carbons (Fsp3) is 0.281. The Kier molecular flexibility index (Phi) is 6.77. The van der Waals surface area contributed by atoms with E-state index in [-0.39, 0.29) is 16.9 Å². The second-order valence-electron chi connectivity index (χ2n) is 10.4. The minimum absolute atomic E-state index is 0.0419. The molecule has 1 atom stereocenters. The molecular weight excluding hydrogens is 506 g/mol. The molecule has 1 aromatic heterocycles. The highest BCUT2D eigenvalue weighted by molar-refractivity contribution is 8.00. The molecule has 1 heterocycles. The van der Waals surface area contributed by atoms with Gasteiger partial charge in [-0.3, -0.25) is 14.2 Å². The van der Waals surface area contributed by atoms with E-state index in [1.54, 1.807) is 11.7 Å².